The van der Waals surface area contributed by atoms with Crippen LogP contribution in [0, 0.1) is 17.5 Å². The van der Waals surface area contributed by atoms with Crippen LogP contribution >= 0.6 is 0 Å². The summed E-state index contributed by atoms with van der Waals surface area (Å²) in [6.07, 6.45) is -0.495. The van der Waals surface area contributed by atoms with Crippen molar-refractivity contribution in [2.24, 2.45) is 0 Å². The molecule has 2 aliphatic heterocycles. The monoisotopic (exact) mass is 524 g/mol. The van der Waals surface area contributed by atoms with Gasteiger partial charge in [-0.2, -0.15) is 0 Å². The number of rotatable bonds is 7. The van der Waals surface area contributed by atoms with Crippen LogP contribution in [-0.4, -0.2) is 81.7 Å². The molecule has 0 radical (unpaired) electrons. The largest absolute Gasteiger partial charge is 0.394 e. The molecule has 0 unspecified atom stereocenters. The molecule has 3 aromatic rings. The predicted molar refractivity (Wildman–Crippen MR) is 120 cm³/mol. The lowest BCUT2D eigenvalue weighted by atomic mass is 9.90. The second-order valence-corrected chi connectivity index (χ2v) is 9.20. The van der Waals surface area contributed by atoms with Gasteiger partial charge in [-0.3, -0.25) is 0 Å². The van der Waals surface area contributed by atoms with Gasteiger partial charge in [0, 0.05) is 44.3 Å². The number of ether oxygens (including phenoxy) is 3. The Labute approximate surface area is 209 Å². The molecule has 0 saturated carbocycles. The Bertz CT molecular complexity index is 1220. The summed E-state index contributed by atoms with van der Waals surface area (Å²) in [5, 5.41) is 32.9. The van der Waals surface area contributed by atoms with E-state index in [2.05, 4.69) is 15.5 Å². The average molecular weight is 524 g/mol. The van der Waals surface area contributed by atoms with E-state index in [0.29, 0.717) is 18.9 Å². The van der Waals surface area contributed by atoms with Crippen molar-refractivity contribution in [3.05, 3.63) is 53.3 Å². The van der Waals surface area contributed by atoms with Crippen molar-refractivity contribution in [3.8, 4) is 11.3 Å². The van der Waals surface area contributed by atoms with E-state index in [1.54, 1.807) is 0 Å². The first-order valence-corrected chi connectivity index (χ1v) is 12.0. The van der Waals surface area contributed by atoms with E-state index in [4.69, 9.17) is 18.7 Å². The second-order valence-electron chi connectivity index (χ2n) is 9.20. The van der Waals surface area contributed by atoms with Crippen molar-refractivity contribution in [2.45, 2.75) is 55.6 Å². The van der Waals surface area contributed by atoms with E-state index < -0.39 is 54.5 Å². The molecule has 0 amide bonds. The predicted octanol–water partition coefficient (Wildman–Crippen LogP) is 2.16. The van der Waals surface area contributed by atoms with Crippen molar-refractivity contribution < 1.29 is 42.1 Å². The molecule has 0 bridgehead atoms. The van der Waals surface area contributed by atoms with Crippen LogP contribution in [0.4, 0.5) is 13.2 Å². The summed E-state index contributed by atoms with van der Waals surface area (Å²) in [5.41, 5.74) is 0.252. The highest BCUT2D eigenvalue weighted by atomic mass is 19.2. The highest BCUT2D eigenvalue weighted by molar-refractivity contribution is 5.58. The second kappa shape index (κ2) is 10.9. The smallest absolute Gasteiger partial charge is 0.195 e. The average Bonchev–Trinajstić information content (AvgIpc) is 3.58. The highest BCUT2D eigenvalue weighted by Crippen LogP contribution is 2.35. The lowest BCUT2D eigenvalue weighted by Crippen LogP contribution is -2.57. The van der Waals surface area contributed by atoms with Gasteiger partial charge in [0.25, 0.3) is 0 Å². The van der Waals surface area contributed by atoms with E-state index in [1.807, 2.05) is 6.07 Å². The molecule has 5 rings (SSSR count). The van der Waals surface area contributed by atoms with Crippen LogP contribution in [-0.2, 0) is 20.6 Å². The first-order valence-electron chi connectivity index (χ1n) is 12.0. The molecule has 200 valence electrons. The third kappa shape index (κ3) is 5.01. The van der Waals surface area contributed by atoms with Gasteiger partial charge >= 0.3 is 0 Å². The molecule has 2 fully saturated rings. The summed E-state index contributed by atoms with van der Waals surface area (Å²) in [7, 11) is 1.43. The standard InChI is InChI=1S/C24H27F3N4O6/c1-34-24-18(9-13-8-17(37-29-13)12-4-6-35-7-5-12)36-19(11-32)23(33)22(24)31-10-16(28-30-31)14-2-3-15(25)21(27)20(14)26/h2-3,8,10,12,18-19,22-24,32-33H,4-7,9,11H2,1H3/t18-,19-,22+,23+,24+/m1/s1. The number of aliphatic hydroxyl groups is 2. The zero-order valence-electron chi connectivity index (χ0n) is 20.0. The maximum absolute atomic E-state index is 14.3. The minimum absolute atomic E-state index is 0.0698. The van der Waals surface area contributed by atoms with E-state index in [1.165, 1.54) is 18.0 Å². The van der Waals surface area contributed by atoms with Gasteiger partial charge in [-0.25, -0.2) is 17.9 Å². The zero-order valence-corrected chi connectivity index (χ0v) is 20.0. The molecule has 2 N–H and O–H groups in total. The number of aromatic nitrogens is 4. The zero-order chi connectivity index (χ0) is 26.1. The fourth-order valence-electron chi connectivity index (χ4n) is 5.00. The number of hydrogen-bond donors (Lipinski definition) is 2. The molecule has 13 heteroatoms. The fraction of sp³-hybridized carbons (Fsp3) is 0.542. The minimum Gasteiger partial charge on any atom is -0.394 e. The van der Waals surface area contributed by atoms with Gasteiger partial charge in [-0.1, -0.05) is 10.4 Å². The van der Waals surface area contributed by atoms with Crippen molar-refractivity contribution in [1.82, 2.24) is 20.2 Å². The first kappa shape index (κ1) is 25.8. The van der Waals surface area contributed by atoms with Crippen molar-refractivity contribution >= 4 is 0 Å². The third-order valence-electron chi connectivity index (χ3n) is 6.97. The van der Waals surface area contributed by atoms with Crippen molar-refractivity contribution in [3.63, 3.8) is 0 Å². The number of nitrogens with zero attached hydrogens (tertiary/aromatic N) is 4. The van der Waals surface area contributed by atoms with Crippen LogP contribution < -0.4 is 0 Å². The van der Waals surface area contributed by atoms with E-state index in [0.717, 1.165) is 30.7 Å². The van der Waals surface area contributed by atoms with Crippen LogP contribution in [0.15, 0.2) is 28.9 Å². The Morgan fingerprint density at radius 2 is 1.92 bits per heavy atom. The maximum atomic E-state index is 14.3. The molecule has 0 aliphatic carbocycles. The van der Waals surface area contributed by atoms with Gasteiger partial charge in [0.05, 0.1) is 24.6 Å². The number of halogens is 3. The van der Waals surface area contributed by atoms with Crippen LogP contribution in [0.2, 0.25) is 0 Å². The molecule has 2 aliphatic rings. The summed E-state index contributed by atoms with van der Waals surface area (Å²) in [4.78, 5) is 0. The van der Waals surface area contributed by atoms with Gasteiger partial charge in [-0.05, 0) is 25.0 Å². The summed E-state index contributed by atoms with van der Waals surface area (Å²) in [6, 6.07) is 2.80. The Hall–Kier alpha value is -2.84. The van der Waals surface area contributed by atoms with Crippen molar-refractivity contribution in [2.75, 3.05) is 26.9 Å². The molecule has 0 spiro atoms. The Kier molecular flexibility index (Phi) is 7.58. The highest BCUT2D eigenvalue weighted by Gasteiger charge is 2.47. The van der Waals surface area contributed by atoms with Gasteiger partial charge in [-0.15, -0.1) is 5.10 Å². The molecule has 5 atom stereocenters. The summed E-state index contributed by atoms with van der Waals surface area (Å²) >= 11 is 0. The van der Waals surface area contributed by atoms with Gasteiger partial charge in [0.1, 0.15) is 35.8 Å². The Morgan fingerprint density at radius 3 is 2.65 bits per heavy atom. The van der Waals surface area contributed by atoms with E-state index >= 15 is 0 Å². The molecule has 1 aromatic carbocycles. The number of hydrogen-bond acceptors (Lipinski definition) is 9. The fourth-order valence-corrected chi connectivity index (χ4v) is 5.00. The minimum atomic E-state index is -1.62. The van der Waals surface area contributed by atoms with E-state index in [9.17, 15) is 23.4 Å². The van der Waals surface area contributed by atoms with Crippen LogP contribution in [0.1, 0.15) is 36.3 Å². The van der Waals surface area contributed by atoms with E-state index in [-0.39, 0.29) is 23.6 Å². The van der Waals surface area contributed by atoms with Gasteiger partial charge in [0.15, 0.2) is 17.5 Å². The summed E-state index contributed by atoms with van der Waals surface area (Å²) in [6.45, 7) is 0.824. The molecular weight excluding hydrogens is 497 g/mol. The Balaban J connectivity index is 1.41. The quantitative estimate of drug-likeness (QED) is 0.448. The molecule has 4 heterocycles. The number of aliphatic hydroxyl groups excluding tert-OH is 2. The molecule has 2 saturated heterocycles. The maximum Gasteiger partial charge on any atom is 0.195 e. The van der Waals surface area contributed by atoms with Crippen molar-refractivity contribution in [1.29, 1.82) is 0 Å². The third-order valence-corrected chi connectivity index (χ3v) is 6.97. The SMILES string of the molecule is CO[C@@H]1[C@@H](n2cc(-c3ccc(F)c(F)c3F)nn2)[C@@H](O)[C@@H](CO)O[C@@H]1Cc1cc(C2CCOCC2)on1. The van der Waals surface area contributed by atoms with Gasteiger partial charge < -0.3 is 28.9 Å². The van der Waals surface area contributed by atoms with Gasteiger partial charge in [0.2, 0.25) is 0 Å². The normalized spacial score (nSPS) is 27.0. The molecular formula is C24H27F3N4O6. The number of methoxy groups -OCH3 is 1. The van der Waals surface area contributed by atoms with Crippen LogP contribution in [0.25, 0.3) is 11.3 Å². The molecule has 2 aromatic heterocycles. The van der Waals surface area contributed by atoms with Crippen LogP contribution in [0.3, 0.4) is 0 Å². The lowest BCUT2D eigenvalue weighted by molar-refractivity contribution is -0.212. The first-order chi connectivity index (χ1) is 17.9. The van der Waals surface area contributed by atoms with Crippen LogP contribution in [0.5, 0.6) is 0 Å². The summed E-state index contributed by atoms with van der Waals surface area (Å²) < 4.78 is 65.3. The molecule has 37 heavy (non-hydrogen) atoms. The summed E-state index contributed by atoms with van der Waals surface area (Å²) in [5.74, 6) is -3.38. The topological polar surface area (TPSA) is 125 Å². The number of benzene rings is 1. The Morgan fingerprint density at radius 1 is 1.14 bits per heavy atom. The lowest BCUT2D eigenvalue weighted by Gasteiger charge is -2.43. The molecule has 10 nitrogen and oxygen atoms in total.